The van der Waals surface area contributed by atoms with Gasteiger partial charge in [-0.1, -0.05) is 28.1 Å². The molecule has 0 spiro atoms. The lowest BCUT2D eigenvalue weighted by molar-refractivity contribution is 0.263. The number of halogens is 1. The molecule has 0 atom stereocenters. The minimum Gasteiger partial charge on any atom is -0.493 e. The quantitative estimate of drug-likeness (QED) is 0.637. The third kappa shape index (κ3) is 4.44. The van der Waals surface area contributed by atoms with E-state index in [1.54, 1.807) is 0 Å². The second-order valence-corrected chi connectivity index (χ2v) is 6.11. The number of ether oxygens (including phenoxy) is 1. The Balaban J connectivity index is 1.83. The van der Waals surface area contributed by atoms with Crippen LogP contribution in [0.3, 0.4) is 0 Å². The monoisotopic (exact) mass is 342 g/mol. The molecule has 0 bridgehead atoms. The van der Waals surface area contributed by atoms with Crippen molar-refractivity contribution in [2.45, 2.75) is 19.3 Å². The normalized spacial score (nSPS) is 15.6. The van der Waals surface area contributed by atoms with Gasteiger partial charge in [0.25, 0.3) is 0 Å². The number of nitrogens with zero attached hydrogens (tertiary/aromatic N) is 1. The Kier molecular flexibility index (Phi) is 5.60. The van der Waals surface area contributed by atoms with Crippen LogP contribution in [0, 0.1) is 0 Å². The maximum absolute atomic E-state index is 5.80. The first-order chi connectivity index (χ1) is 9.16. The van der Waals surface area contributed by atoms with E-state index in [9.17, 15) is 0 Å². The third-order valence-electron chi connectivity index (χ3n) is 3.28. The minimum absolute atomic E-state index is 0.371. The first-order valence-corrected chi connectivity index (χ1v) is 7.81. The SMILES string of the molecule is NC(=S)c1cc(Br)ccc1OCCCN1CCCC1. The van der Waals surface area contributed by atoms with E-state index in [0.29, 0.717) is 11.6 Å². The van der Waals surface area contributed by atoms with E-state index in [-0.39, 0.29) is 0 Å². The van der Waals surface area contributed by atoms with Gasteiger partial charge in [-0.3, -0.25) is 0 Å². The summed E-state index contributed by atoms with van der Waals surface area (Å²) < 4.78 is 6.76. The summed E-state index contributed by atoms with van der Waals surface area (Å²) in [4.78, 5) is 2.86. The summed E-state index contributed by atoms with van der Waals surface area (Å²) in [6.45, 7) is 4.28. The van der Waals surface area contributed by atoms with Gasteiger partial charge >= 0.3 is 0 Å². The van der Waals surface area contributed by atoms with Crippen molar-refractivity contribution in [3.05, 3.63) is 28.2 Å². The molecule has 0 unspecified atom stereocenters. The summed E-state index contributed by atoms with van der Waals surface area (Å²) in [7, 11) is 0. The van der Waals surface area contributed by atoms with Gasteiger partial charge in [0.15, 0.2) is 0 Å². The van der Waals surface area contributed by atoms with E-state index in [1.807, 2.05) is 18.2 Å². The fourth-order valence-electron chi connectivity index (χ4n) is 2.30. The molecule has 0 saturated carbocycles. The van der Waals surface area contributed by atoms with E-state index >= 15 is 0 Å². The Bertz CT molecular complexity index is 447. The molecule has 2 rings (SSSR count). The lowest BCUT2D eigenvalue weighted by Crippen LogP contribution is -2.22. The average molecular weight is 343 g/mol. The molecule has 104 valence electrons. The topological polar surface area (TPSA) is 38.5 Å². The molecule has 5 heteroatoms. The Morgan fingerprint density at radius 2 is 2.11 bits per heavy atom. The molecule has 19 heavy (non-hydrogen) atoms. The smallest absolute Gasteiger partial charge is 0.129 e. The van der Waals surface area contributed by atoms with Gasteiger partial charge in [-0.25, -0.2) is 0 Å². The number of hydrogen-bond acceptors (Lipinski definition) is 3. The molecular weight excluding hydrogens is 324 g/mol. The highest BCUT2D eigenvalue weighted by Gasteiger charge is 2.11. The molecule has 1 aliphatic rings. The van der Waals surface area contributed by atoms with E-state index in [1.165, 1.54) is 25.9 Å². The van der Waals surface area contributed by atoms with Gasteiger partial charge in [0.05, 0.1) is 12.2 Å². The fraction of sp³-hybridized carbons (Fsp3) is 0.500. The van der Waals surface area contributed by atoms with Crippen LogP contribution in [-0.4, -0.2) is 36.1 Å². The van der Waals surface area contributed by atoms with Crippen LogP contribution in [0.25, 0.3) is 0 Å². The van der Waals surface area contributed by atoms with Crippen molar-refractivity contribution < 1.29 is 4.74 Å². The predicted octanol–water partition coefficient (Wildman–Crippen LogP) is 2.95. The Morgan fingerprint density at radius 3 is 2.79 bits per heavy atom. The second-order valence-electron chi connectivity index (χ2n) is 4.76. The number of hydrogen-bond donors (Lipinski definition) is 1. The van der Waals surface area contributed by atoms with Crippen molar-refractivity contribution in [2.24, 2.45) is 5.73 Å². The Labute approximate surface area is 128 Å². The van der Waals surface area contributed by atoms with Crippen LogP contribution < -0.4 is 10.5 Å². The van der Waals surface area contributed by atoms with Gasteiger partial charge in [-0.05, 0) is 50.6 Å². The zero-order chi connectivity index (χ0) is 13.7. The van der Waals surface area contributed by atoms with Crippen LogP contribution in [0.4, 0.5) is 0 Å². The van der Waals surface area contributed by atoms with Crippen LogP contribution in [0.15, 0.2) is 22.7 Å². The van der Waals surface area contributed by atoms with Gasteiger partial charge in [0, 0.05) is 11.0 Å². The minimum atomic E-state index is 0.371. The Morgan fingerprint density at radius 1 is 1.37 bits per heavy atom. The van der Waals surface area contributed by atoms with Crippen molar-refractivity contribution in [1.29, 1.82) is 0 Å². The molecule has 1 aliphatic heterocycles. The number of nitrogens with two attached hydrogens (primary N) is 1. The highest BCUT2D eigenvalue weighted by Crippen LogP contribution is 2.23. The van der Waals surface area contributed by atoms with E-state index in [4.69, 9.17) is 22.7 Å². The first-order valence-electron chi connectivity index (χ1n) is 6.61. The van der Waals surface area contributed by atoms with E-state index < -0.39 is 0 Å². The molecule has 1 aromatic carbocycles. The Hall–Kier alpha value is -0.650. The molecule has 0 radical (unpaired) electrons. The summed E-state index contributed by atoms with van der Waals surface area (Å²) in [5.41, 5.74) is 6.51. The molecule has 0 amide bonds. The standard InChI is InChI=1S/C14H19BrN2OS/c15-11-4-5-13(12(10-11)14(16)19)18-9-3-8-17-6-1-2-7-17/h4-5,10H,1-3,6-9H2,(H2,16,19). The van der Waals surface area contributed by atoms with Crippen LogP contribution in [0.1, 0.15) is 24.8 Å². The lowest BCUT2D eigenvalue weighted by Gasteiger charge is -2.15. The third-order valence-corrected chi connectivity index (χ3v) is 4.00. The first kappa shape index (κ1) is 14.8. The summed E-state index contributed by atoms with van der Waals surface area (Å²) in [6.07, 6.45) is 3.70. The van der Waals surface area contributed by atoms with E-state index in [2.05, 4.69) is 20.8 Å². The summed E-state index contributed by atoms with van der Waals surface area (Å²) >= 11 is 8.46. The molecular formula is C14H19BrN2OS. The molecule has 0 aromatic heterocycles. The zero-order valence-corrected chi connectivity index (χ0v) is 13.3. The van der Waals surface area contributed by atoms with Gasteiger partial charge < -0.3 is 15.4 Å². The largest absolute Gasteiger partial charge is 0.493 e. The van der Waals surface area contributed by atoms with Crippen molar-refractivity contribution in [3.63, 3.8) is 0 Å². The van der Waals surface area contributed by atoms with Crippen LogP contribution in [-0.2, 0) is 0 Å². The number of benzene rings is 1. The summed E-state index contributed by atoms with van der Waals surface area (Å²) in [5, 5.41) is 0. The van der Waals surface area contributed by atoms with Crippen LogP contribution >= 0.6 is 28.1 Å². The lowest BCUT2D eigenvalue weighted by atomic mass is 10.2. The van der Waals surface area contributed by atoms with Crippen molar-refractivity contribution in [1.82, 2.24) is 4.90 Å². The fourth-order valence-corrected chi connectivity index (χ4v) is 2.82. The van der Waals surface area contributed by atoms with Crippen molar-refractivity contribution >= 4 is 33.1 Å². The summed E-state index contributed by atoms with van der Waals surface area (Å²) in [6, 6.07) is 5.75. The molecule has 1 heterocycles. The number of likely N-dealkylation sites (tertiary alicyclic amines) is 1. The molecule has 1 aromatic rings. The molecule has 3 nitrogen and oxygen atoms in total. The van der Waals surface area contributed by atoms with Gasteiger partial charge in [-0.15, -0.1) is 0 Å². The maximum atomic E-state index is 5.80. The highest BCUT2D eigenvalue weighted by molar-refractivity contribution is 9.10. The highest BCUT2D eigenvalue weighted by atomic mass is 79.9. The van der Waals surface area contributed by atoms with Crippen molar-refractivity contribution in [2.75, 3.05) is 26.2 Å². The van der Waals surface area contributed by atoms with Crippen LogP contribution in [0.5, 0.6) is 5.75 Å². The molecule has 0 aliphatic carbocycles. The van der Waals surface area contributed by atoms with E-state index in [0.717, 1.165) is 28.8 Å². The van der Waals surface area contributed by atoms with Gasteiger partial charge in [-0.2, -0.15) is 0 Å². The number of rotatable bonds is 6. The van der Waals surface area contributed by atoms with Crippen LogP contribution in [0.2, 0.25) is 0 Å². The van der Waals surface area contributed by atoms with Crippen molar-refractivity contribution in [3.8, 4) is 5.75 Å². The molecule has 1 saturated heterocycles. The zero-order valence-electron chi connectivity index (χ0n) is 10.9. The molecule has 2 N–H and O–H groups in total. The predicted molar refractivity (Wildman–Crippen MR) is 85.8 cm³/mol. The van der Waals surface area contributed by atoms with Gasteiger partial charge in [0.2, 0.25) is 0 Å². The summed E-state index contributed by atoms with van der Waals surface area (Å²) in [5.74, 6) is 0.775. The molecule has 1 fully saturated rings. The second kappa shape index (κ2) is 7.22. The number of thiocarbonyl (C=S) groups is 1. The average Bonchev–Trinajstić information content (AvgIpc) is 2.89. The maximum Gasteiger partial charge on any atom is 0.129 e. The van der Waals surface area contributed by atoms with Gasteiger partial charge in [0.1, 0.15) is 10.7 Å².